The van der Waals surface area contributed by atoms with Crippen molar-refractivity contribution >= 4 is 11.8 Å². The molecule has 0 fully saturated rings. The Bertz CT molecular complexity index is 559. The van der Waals surface area contributed by atoms with Crippen LogP contribution < -0.4 is 26.5 Å². The van der Waals surface area contributed by atoms with Crippen LogP contribution in [0.2, 0.25) is 0 Å². The summed E-state index contributed by atoms with van der Waals surface area (Å²) >= 11 is 0. The van der Waals surface area contributed by atoms with E-state index in [1.165, 1.54) is 0 Å². The predicted octanol–water partition coefficient (Wildman–Crippen LogP) is 1.93. The molecular weight excluding hydrogens is 258 g/mol. The number of hydrazine groups is 1. The van der Waals surface area contributed by atoms with Gasteiger partial charge in [-0.3, -0.25) is 0 Å². The van der Waals surface area contributed by atoms with Gasteiger partial charge in [0.15, 0.2) is 0 Å². The summed E-state index contributed by atoms with van der Waals surface area (Å²) in [7, 11) is 0. The van der Waals surface area contributed by atoms with Crippen molar-refractivity contribution in [2.24, 2.45) is 5.84 Å². The molecule has 20 heavy (non-hydrogen) atoms. The molecule has 0 saturated heterocycles. The number of nitrogens with zero attached hydrogens (tertiary/aromatic N) is 2. The number of nitrogens with one attached hydrogen (secondary N) is 1. The Morgan fingerprint density at radius 3 is 2.50 bits per heavy atom. The maximum Gasteiger partial charge on any atom is 0.226 e. The molecule has 5 N–H and O–H groups in total. The predicted molar refractivity (Wildman–Crippen MR) is 76.6 cm³/mol. The Kier molecular flexibility index (Phi) is 4.56. The van der Waals surface area contributed by atoms with E-state index in [1.54, 1.807) is 18.2 Å². The minimum Gasteiger partial charge on any atom is -0.494 e. The van der Waals surface area contributed by atoms with Gasteiger partial charge < -0.3 is 20.6 Å². The second kappa shape index (κ2) is 6.58. The molecule has 7 nitrogen and oxygen atoms in total. The highest BCUT2D eigenvalue weighted by atomic mass is 16.5. The first kappa shape index (κ1) is 13.9. The number of benzene rings is 1. The zero-order valence-electron chi connectivity index (χ0n) is 11.2. The summed E-state index contributed by atoms with van der Waals surface area (Å²) in [5.74, 6) is 7.48. The van der Waals surface area contributed by atoms with Gasteiger partial charge in [-0.1, -0.05) is 6.92 Å². The fourth-order valence-corrected chi connectivity index (χ4v) is 1.51. The van der Waals surface area contributed by atoms with Crippen molar-refractivity contribution in [2.45, 2.75) is 13.3 Å². The average Bonchev–Trinajstić information content (AvgIpc) is 2.46. The third kappa shape index (κ3) is 3.72. The van der Waals surface area contributed by atoms with E-state index < -0.39 is 0 Å². The molecule has 0 spiro atoms. The summed E-state index contributed by atoms with van der Waals surface area (Å²) < 4.78 is 11.1. The molecule has 0 atom stereocenters. The highest BCUT2D eigenvalue weighted by molar-refractivity contribution is 5.43. The molecule has 0 saturated carbocycles. The first-order valence-electron chi connectivity index (χ1n) is 6.23. The number of hydrogen-bond donors (Lipinski definition) is 3. The number of rotatable bonds is 6. The highest BCUT2D eigenvalue weighted by Gasteiger charge is 2.04. The van der Waals surface area contributed by atoms with Crippen molar-refractivity contribution in [2.75, 3.05) is 17.8 Å². The van der Waals surface area contributed by atoms with Gasteiger partial charge in [0.1, 0.15) is 17.3 Å². The first-order chi connectivity index (χ1) is 9.71. The van der Waals surface area contributed by atoms with Gasteiger partial charge in [0.05, 0.1) is 6.61 Å². The lowest BCUT2D eigenvalue weighted by atomic mass is 10.3. The van der Waals surface area contributed by atoms with Crippen LogP contribution in [0.3, 0.4) is 0 Å². The van der Waals surface area contributed by atoms with E-state index >= 15 is 0 Å². The molecule has 2 aromatic rings. The van der Waals surface area contributed by atoms with Crippen LogP contribution in [0.1, 0.15) is 13.3 Å². The molecule has 0 aliphatic heterocycles. The van der Waals surface area contributed by atoms with E-state index in [2.05, 4.69) is 22.3 Å². The van der Waals surface area contributed by atoms with Crippen LogP contribution in [0.15, 0.2) is 30.3 Å². The van der Waals surface area contributed by atoms with Gasteiger partial charge in [0.2, 0.25) is 11.8 Å². The summed E-state index contributed by atoms with van der Waals surface area (Å²) in [4.78, 5) is 7.84. The molecule has 1 heterocycles. The largest absolute Gasteiger partial charge is 0.494 e. The molecule has 1 aromatic heterocycles. The monoisotopic (exact) mass is 275 g/mol. The number of aromatic nitrogens is 2. The third-order valence-electron chi connectivity index (χ3n) is 2.39. The Balaban J connectivity index is 2.07. The lowest BCUT2D eigenvalue weighted by Crippen LogP contribution is -2.10. The van der Waals surface area contributed by atoms with Crippen LogP contribution in [0.4, 0.5) is 11.8 Å². The van der Waals surface area contributed by atoms with E-state index in [4.69, 9.17) is 21.1 Å². The first-order valence-corrected chi connectivity index (χ1v) is 6.23. The van der Waals surface area contributed by atoms with Crippen LogP contribution in [-0.4, -0.2) is 16.6 Å². The molecule has 0 radical (unpaired) electrons. The normalized spacial score (nSPS) is 10.1. The van der Waals surface area contributed by atoms with Crippen molar-refractivity contribution in [3.63, 3.8) is 0 Å². The molecule has 0 amide bonds. The van der Waals surface area contributed by atoms with Gasteiger partial charge in [0.25, 0.3) is 0 Å². The summed E-state index contributed by atoms with van der Waals surface area (Å²) in [5, 5.41) is 0. The van der Waals surface area contributed by atoms with Crippen LogP contribution in [0, 0.1) is 0 Å². The SMILES string of the molecule is CCCOc1ccc(Oc2cc(NN)nc(N)n2)cc1. The van der Waals surface area contributed by atoms with Crippen LogP contribution in [0.25, 0.3) is 0 Å². The van der Waals surface area contributed by atoms with Gasteiger partial charge in [-0.05, 0) is 30.7 Å². The molecule has 1 aromatic carbocycles. The number of anilines is 2. The van der Waals surface area contributed by atoms with Crippen molar-refractivity contribution in [3.05, 3.63) is 30.3 Å². The molecule has 2 rings (SSSR count). The minimum absolute atomic E-state index is 0.0818. The Labute approximate surface area is 116 Å². The molecular formula is C13H17N5O2. The molecule has 0 unspecified atom stereocenters. The topological polar surface area (TPSA) is 108 Å². The third-order valence-corrected chi connectivity index (χ3v) is 2.39. The molecule has 0 aliphatic carbocycles. The zero-order valence-corrected chi connectivity index (χ0v) is 11.2. The van der Waals surface area contributed by atoms with E-state index in [9.17, 15) is 0 Å². The number of ether oxygens (including phenoxy) is 2. The minimum atomic E-state index is 0.0818. The zero-order chi connectivity index (χ0) is 14.4. The quantitative estimate of drug-likeness (QED) is 0.546. The summed E-state index contributed by atoms with van der Waals surface area (Å²) in [6, 6.07) is 8.80. The van der Waals surface area contributed by atoms with E-state index in [0.717, 1.165) is 12.2 Å². The second-order valence-electron chi connectivity index (χ2n) is 4.02. The van der Waals surface area contributed by atoms with Crippen molar-refractivity contribution in [3.8, 4) is 17.4 Å². The smallest absolute Gasteiger partial charge is 0.226 e. The van der Waals surface area contributed by atoms with E-state index in [0.29, 0.717) is 24.1 Å². The molecule has 0 bridgehead atoms. The molecule has 106 valence electrons. The Morgan fingerprint density at radius 2 is 1.85 bits per heavy atom. The number of nitrogens with two attached hydrogens (primary N) is 2. The average molecular weight is 275 g/mol. The van der Waals surface area contributed by atoms with Gasteiger partial charge in [-0.25, -0.2) is 5.84 Å². The van der Waals surface area contributed by atoms with E-state index in [-0.39, 0.29) is 5.95 Å². The van der Waals surface area contributed by atoms with Crippen molar-refractivity contribution in [1.82, 2.24) is 9.97 Å². The highest BCUT2D eigenvalue weighted by Crippen LogP contribution is 2.24. The molecule has 0 aliphatic rings. The fraction of sp³-hybridized carbons (Fsp3) is 0.231. The summed E-state index contributed by atoms with van der Waals surface area (Å²) in [6.07, 6.45) is 0.966. The van der Waals surface area contributed by atoms with Crippen LogP contribution >= 0.6 is 0 Å². The Morgan fingerprint density at radius 1 is 1.15 bits per heavy atom. The lowest BCUT2D eigenvalue weighted by Gasteiger charge is -2.08. The summed E-state index contributed by atoms with van der Waals surface area (Å²) in [6.45, 7) is 2.74. The van der Waals surface area contributed by atoms with Gasteiger partial charge in [-0.15, -0.1) is 0 Å². The Hall–Kier alpha value is -2.54. The van der Waals surface area contributed by atoms with Crippen molar-refractivity contribution in [1.29, 1.82) is 0 Å². The van der Waals surface area contributed by atoms with Gasteiger partial charge in [0, 0.05) is 6.07 Å². The summed E-state index contributed by atoms with van der Waals surface area (Å²) in [5.41, 5.74) is 7.94. The lowest BCUT2D eigenvalue weighted by molar-refractivity contribution is 0.317. The maximum atomic E-state index is 5.58. The van der Waals surface area contributed by atoms with Crippen LogP contribution in [0.5, 0.6) is 17.4 Å². The molecule has 7 heteroatoms. The number of hydrogen-bond acceptors (Lipinski definition) is 7. The van der Waals surface area contributed by atoms with E-state index in [1.807, 2.05) is 12.1 Å². The van der Waals surface area contributed by atoms with Crippen molar-refractivity contribution < 1.29 is 9.47 Å². The maximum absolute atomic E-state index is 5.58. The fourth-order valence-electron chi connectivity index (χ4n) is 1.51. The second-order valence-corrected chi connectivity index (χ2v) is 4.02. The van der Waals surface area contributed by atoms with Gasteiger partial charge >= 0.3 is 0 Å². The number of nitrogen functional groups attached to an aromatic ring is 2. The van der Waals surface area contributed by atoms with Crippen LogP contribution in [-0.2, 0) is 0 Å². The standard InChI is InChI=1S/C13H17N5O2/c1-2-7-19-9-3-5-10(6-4-9)20-12-8-11(18-15)16-13(14)17-12/h3-6,8H,2,7,15H2,1H3,(H3,14,16,17,18). The van der Waals surface area contributed by atoms with Gasteiger partial charge in [-0.2, -0.15) is 9.97 Å².